The van der Waals surface area contributed by atoms with Gasteiger partial charge in [0, 0.05) is 12.3 Å². The van der Waals surface area contributed by atoms with Gasteiger partial charge in [0.1, 0.15) is 24.4 Å². The smallest absolute Gasteiger partial charge is 0.328 e. The minimum Gasteiger partial charge on any atom is -0.394 e. The lowest BCUT2D eigenvalue weighted by Crippen LogP contribution is -2.38. The number of aromatic amines is 1. The second-order valence-corrected chi connectivity index (χ2v) is 4.14. The minimum absolute atomic E-state index is 0.0235. The van der Waals surface area contributed by atoms with Crippen molar-refractivity contribution in [2.45, 2.75) is 31.0 Å². The van der Waals surface area contributed by atoms with Gasteiger partial charge in [0.2, 0.25) is 0 Å². The fraction of sp³-hybridized carbons (Fsp3) is 0.600. The van der Waals surface area contributed by atoms with E-state index in [-0.39, 0.29) is 6.54 Å². The zero-order valence-corrected chi connectivity index (χ0v) is 9.39. The van der Waals surface area contributed by atoms with Gasteiger partial charge in [-0.05, 0) is 0 Å². The third-order valence-electron chi connectivity index (χ3n) is 2.91. The number of hydrogen-bond donors (Lipinski definition) is 4. The average Bonchev–Trinajstić information content (AvgIpc) is 2.60. The maximum absolute atomic E-state index is 11.4. The number of nitrogens with zero attached hydrogens (tertiary/aromatic N) is 1. The lowest BCUT2D eigenvalue weighted by Gasteiger charge is -2.15. The molecular weight excluding hydrogens is 244 g/mol. The first kappa shape index (κ1) is 13.0. The summed E-state index contributed by atoms with van der Waals surface area (Å²) in [6, 6.07) is 1.17. The van der Waals surface area contributed by atoms with Gasteiger partial charge in [-0.25, -0.2) is 4.79 Å². The molecule has 8 nitrogen and oxygen atoms in total. The average molecular weight is 258 g/mol. The quantitative estimate of drug-likeness (QED) is 0.458. The Kier molecular flexibility index (Phi) is 3.62. The molecule has 0 aromatic carbocycles. The lowest BCUT2D eigenvalue weighted by atomic mass is 10.1. The highest BCUT2D eigenvalue weighted by Gasteiger charge is 2.42. The van der Waals surface area contributed by atoms with Crippen LogP contribution < -0.4 is 11.2 Å². The van der Waals surface area contributed by atoms with Crippen LogP contribution in [0, 0.1) is 0 Å². The molecule has 1 fully saturated rings. The molecule has 100 valence electrons. The molecule has 1 aliphatic rings. The van der Waals surface area contributed by atoms with Crippen molar-refractivity contribution in [3.63, 3.8) is 0 Å². The SMILES string of the molecule is O=c1ccn(C[C@@H]2O[C@H](CO)C(O)[C@@H]2O)c(=O)[nH]1. The van der Waals surface area contributed by atoms with E-state index in [9.17, 15) is 19.8 Å². The molecule has 1 aromatic heterocycles. The molecule has 2 heterocycles. The molecule has 0 saturated carbocycles. The number of ether oxygens (including phenoxy) is 1. The highest BCUT2D eigenvalue weighted by atomic mass is 16.6. The molecular formula is C10H14N2O6. The van der Waals surface area contributed by atoms with E-state index in [2.05, 4.69) is 4.98 Å². The fourth-order valence-corrected chi connectivity index (χ4v) is 1.91. The third kappa shape index (κ3) is 2.36. The first-order chi connectivity index (χ1) is 8.52. The van der Waals surface area contributed by atoms with Crippen LogP contribution in [0.3, 0.4) is 0 Å². The summed E-state index contributed by atoms with van der Waals surface area (Å²) >= 11 is 0. The Balaban J connectivity index is 2.15. The van der Waals surface area contributed by atoms with Crippen molar-refractivity contribution < 1.29 is 20.1 Å². The van der Waals surface area contributed by atoms with Crippen molar-refractivity contribution in [2.75, 3.05) is 6.61 Å². The molecule has 1 aromatic rings. The summed E-state index contributed by atoms with van der Waals surface area (Å²) in [5, 5.41) is 28.1. The van der Waals surface area contributed by atoms with Crippen LogP contribution in [0.25, 0.3) is 0 Å². The summed E-state index contributed by atoms with van der Waals surface area (Å²) < 4.78 is 6.38. The topological polar surface area (TPSA) is 125 Å². The number of rotatable bonds is 3. The zero-order chi connectivity index (χ0) is 13.3. The van der Waals surface area contributed by atoms with E-state index < -0.39 is 42.3 Å². The van der Waals surface area contributed by atoms with Crippen molar-refractivity contribution in [1.29, 1.82) is 0 Å². The van der Waals surface area contributed by atoms with E-state index in [0.717, 1.165) is 4.57 Å². The Morgan fingerprint density at radius 2 is 1.94 bits per heavy atom. The number of aliphatic hydroxyl groups is 3. The maximum Gasteiger partial charge on any atom is 0.328 e. The number of nitrogens with one attached hydrogen (secondary N) is 1. The predicted molar refractivity (Wildman–Crippen MR) is 59.1 cm³/mol. The molecule has 0 spiro atoms. The van der Waals surface area contributed by atoms with Gasteiger partial charge in [0.15, 0.2) is 0 Å². The van der Waals surface area contributed by atoms with Gasteiger partial charge in [-0.2, -0.15) is 0 Å². The summed E-state index contributed by atoms with van der Waals surface area (Å²) in [5.74, 6) is 0. The van der Waals surface area contributed by atoms with Crippen LogP contribution in [-0.2, 0) is 11.3 Å². The van der Waals surface area contributed by atoms with Gasteiger partial charge in [0.25, 0.3) is 5.56 Å². The second-order valence-electron chi connectivity index (χ2n) is 4.14. The molecule has 0 radical (unpaired) electrons. The summed E-state index contributed by atoms with van der Waals surface area (Å²) in [6.07, 6.45) is -2.81. The number of aromatic nitrogens is 2. The van der Waals surface area contributed by atoms with Gasteiger partial charge in [0.05, 0.1) is 13.2 Å². The van der Waals surface area contributed by atoms with Crippen molar-refractivity contribution >= 4 is 0 Å². The van der Waals surface area contributed by atoms with Crippen LogP contribution in [-0.4, -0.2) is 55.9 Å². The molecule has 1 aliphatic heterocycles. The van der Waals surface area contributed by atoms with E-state index in [1.807, 2.05) is 0 Å². The standard InChI is InChI=1S/C10H14N2O6/c13-4-6-9(16)8(15)5(18-6)3-12-2-1-7(14)11-10(12)17/h1-2,5-6,8-9,13,15-16H,3-4H2,(H,11,14,17)/t5-,6+,8+,9?/m0/s1. The zero-order valence-electron chi connectivity index (χ0n) is 9.39. The van der Waals surface area contributed by atoms with E-state index >= 15 is 0 Å². The van der Waals surface area contributed by atoms with E-state index in [4.69, 9.17) is 9.84 Å². The number of aliphatic hydroxyl groups excluding tert-OH is 3. The predicted octanol–water partition coefficient (Wildman–Crippen LogP) is -2.98. The minimum atomic E-state index is -1.20. The Morgan fingerprint density at radius 1 is 1.28 bits per heavy atom. The highest BCUT2D eigenvalue weighted by Crippen LogP contribution is 2.21. The lowest BCUT2D eigenvalue weighted by molar-refractivity contribution is -0.0269. The first-order valence-electron chi connectivity index (χ1n) is 5.45. The normalized spacial score (nSPS) is 31.7. The molecule has 2 rings (SSSR count). The summed E-state index contributed by atoms with van der Waals surface area (Å²) in [4.78, 5) is 24.4. The molecule has 4 atom stereocenters. The van der Waals surface area contributed by atoms with Gasteiger partial charge in [-0.1, -0.05) is 0 Å². The molecule has 0 aliphatic carbocycles. The van der Waals surface area contributed by atoms with Crippen LogP contribution in [0.4, 0.5) is 0 Å². The molecule has 8 heteroatoms. The van der Waals surface area contributed by atoms with Crippen molar-refractivity contribution in [3.8, 4) is 0 Å². The maximum atomic E-state index is 11.4. The van der Waals surface area contributed by atoms with Crippen molar-refractivity contribution in [2.24, 2.45) is 0 Å². The molecule has 1 saturated heterocycles. The van der Waals surface area contributed by atoms with Crippen LogP contribution >= 0.6 is 0 Å². The van der Waals surface area contributed by atoms with Crippen LogP contribution in [0.15, 0.2) is 21.9 Å². The van der Waals surface area contributed by atoms with Crippen molar-refractivity contribution in [1.82, 2.24) is 9.55 Å². The number of hydrogen-bond acceptors (Lipinski definition) is 6. The van der Waals surface area contributed by atoms with Crippen molar-refractivity contribution in [3.05, 3.63) is 33.1 Å². The molecule has 0 amide bonds. The second kappa shape index (κ2) is 5.02. The highest BCUT2D eigenvalue weighted by molar-refractivity contribution is 4.92. The van der Waals surface area contributed by atoms with E-state index in [0.29, 0.717) is 0 Å². The first-order valence-corrected chi connectivity index (χ1v) is 5.45. The molecule has 18 heavy (non-hydrogen) atoms. The van der Waals surface area contributed by atoms with Gasteiger partial charge >= 0.3 is 5.69 Å². The van der Waals surface area contributed by atoms with Gasteiger partial charge in [-0.15, -0.1) is 0 Å². The summed E-state index contributed by atoms with van der Waals surface area (Å²) in [7, 11) is 0. The summed E-state index contributed by atoms with van der Waals surface area (Å²) in [6.45, 7) is -0.445. The third-order valence-corrected chi connectivity index (χ3v) is 2.91. The van der Waals surface area contributed by atoms with E-state index in [1.54, 1.807) is 0 Å². The Labute approximate surface area is 101 Å². The van der Waals surface area contributed by atoms with E-state index in [1.165, 1.54) is 12.3 Å². The number of H-pyrrole nitrogens is 1. The van der Waals surface area contributed by atoms with Gasteiger partial charge in [-0.3, -0.25) is 14.3 Å². The molecule has 0 bridgehead atoms. The summed E-state index contributed by atoms with van der Waals surface area (Å²) in [5.41, 5.74) is -1.14. The largest absolute Gasteiger partial charge is 0.394 e. The Hall–Kier alpha value is -1.48. The molecule has 4 N–H and O–H groups in total. The van der Waals surface area contributed by atoms with Crippen LogP contribution in [0.1, 0.15) is 0 Å². The molecule has 1 unspecified atom stereocenters. The fourth-order valence-electron chi connectivity index (χ4n) is 1.91. The monoisotopic (exact) mass is 258 g/mol. The van der Waals surface area contributed by atoms with Gasteiger partial charge < -0.3 is 20.1 Å². The Bertz CT molecular complexity index is 524. The Morgan fingerprint density at radius 3 is 2.50 bits per heavy atom. The van der Waals surface area contributed by atoms with Crippen LogP contribution in [0.5, 0.6) is 0 Å². The van der Waals surface area contributed by atoms with Crippen LogP contribution in [0.2, 0.25) is 0 Å².